The molecule has 3 nitrogen and oxygen atoms in total. The van der Waals surface area contributed by atoms with Gasteiger partial charge in [-0.1, -0.05) is 12.1 Å². The zero-order chi connectivity index (χ0) is 13.1. The molecule has 4 heteroatoms. The first-order valence-corrected chi connectivity index (χ1v) is 6.32. The highest BCUT2D eigenvalue weighted by atomic mass is 19.1. The fourth-order valence-electron chi connectivity index (χ4n) is 2.34. The van der Waals surface area contributed by atoms with Crippen LogP contribution in [0.2, 0.25) is 0 Å². The number of rotatable bonds is 3. The first kappa shape index (κ1) is 13.0. The second-order valence-corrected chi connectivity index (χ2v) is 4.95. The van der Waals surface area contributed by atoms with Gasteiger partial charge in [0, 0.05) is 12.6 Å². The minimum Gasteiger partial charge on any atom is -0.351 e. The summed E-state index contributed by atoms with van der Waals surface area (Å²) in [5.74, 6) is -0.194. The number of likely N-dealkylation sites (tertiary alicyclic amines) is 1. The number of carbonyl (C=O) groups is 1. The number of likely N-dealkylation sites (N-methyl/N-ethyl adjacent to an activating group) is 1. The molecule has 18 heavy (non-hydrogen) atoms. The largest absolute Gasteiger partial charge is 0.351 e. The second-order valence-electron chi connectivity index (χ2n) is 4.95. The third-order valence-electron chi connectivity index (χ3n) is 3.73. The van der Waals surface area contributed by atoms with Crippen molar-refractivity contribution in [3.63, 3.8) is 0 Å². The lowest BCUT2D eigenvalue weighted by Crippen LogP contribution is -2.43. The van der Waals surface area contributed by atoms with Crippen LogP contribution in [-0.2, 0) is 11.3 Å². The Morgan fingerprint density at radius 2 is 2.06 bits per heavy atom. The molecule has 1 fully saturated rings. The monoisotopic (exact) mass is 250 g/mol. The van der Waals surface area contributed by atoms with Gasteiger partial charge in [-0.2, -0.15) is 0 Å². The maximum absolute atomic E-state index is 12.7. The molecule has 1 aliphatic rings. The smallest absolute Gasteiger partial charge is 0.237 e. The van der Waals surface area contributed by atoms with Crippen molar-refractivity contribution in [2.75, 3.05) is 7.05 Å². The normalized spacial score (nSPS) is 24.2. The first-order chi connectivity index (χ1) is 8.58. The summed E-state index contributed by atoms with van der Waals surface area (Å²) < 4.78 is 12.7. The Balaban J connectivity index is 1.87. The summed E-state index contributed by atoms with van der Waals surface area (Å²) >= 11 is 0. The molecule has 0 spiro atoms. The van der Waals surface area contributed by atoms with Gasteiger partial charge in [-0.25, -0.2) is 4.39 Å². The molecule has 0 saturated carbocycles. The fraction of sp³-hybridized carbons (Fsp3) is 0.500. The van der Waals surface area contributed by atoms with E-state index in [0.717, 1.165) is 18.4 Å². The van der Waals surface area contributed by atoms with Gasteiger partial charge in [0.2, 0.25) is 5.91 Å². The minimum absolute atomic E-state index is 0.0274. The third-order valence-corrected chi connectivity index (χ3v) is 3.73. The molecule has 1 N–H and O–H groups in total. The van der Waals surface area contributed by atoms with Crippen LogP contribution in [0.3, 0.4) is 0 Å². The molecule has 1 aromatic rings. The minimum atomic E-state index is -0.255. The number of nitrogens with one attached hydrogen (secondary N) is 1. The van der Waals surface area contributed by atoms with Crippen LogP contribution < -0.4 is 5.32 Å². The van der Waals surface area contributed by atoms with Crippen LogP contribution >= 0.6 is 0 Å². The van der Waals surface area contributed by atoms with Gasteiger partial charge in [0.15, 0.2) is 0 Å². The maximum Gasteiger partial charge on any atom is 0.237 e. The van der Waals surface area contributed by atoms with Gasteiger partial charge in [-0.3, -0.25) is 9.69 Å². The average Bonchev–Trinajstić information content (AvgIpc) is 2.69. The zero-order valence-electron chi connectivity index (χ0n) is 10.8. The lowest BCUT2D eigenvalue weighted by molar-refractivity contribution is -0.125. The van der Waals surface area contributed by atoms with E-state index in [1.165, 1.54) is 12.1 Å². The van der Waals surface area contributed by atoms with E-state index < -0.39 is 0 Å². The van der Waals surface area contributed by atoms with Crippen molar-refractivity contribution in [3.8, 4) is 0 Å². The van der Waals surface area contributed by atoms with Crippen LogP contribution in [0.4, 0.5) is 4.39 Å². The Morgan fingerprint density at radius 1 is 1.39 bits per heavy atom. The highest BCUT2D eigenvalue weighted by Gasteiger charge is 2.32. The van der Waals surface area contributed by atoms with Crippen LogP contribution in [0.25, 0.3) is 0 Å². The summed E-state index contributed by atoms with van der Waals surface area (Å²) in [5, 5.41) is 2.91. The van der Waals surface area contributed by atoms with E-state index in [1.807, 2.05) is 7.05 Å². The summed E-state index contributed by atoms with van der Waals surface area (Å²) in [7, 11) is 1.99. The highest BCUT2D eigenvalue weighted by molar-refractivity contribution is 5.82. The Morgan fingerprint density at radius 3 is 2.61 bits per heavy atom. The topological polar surface area (TPSA) is 32.3 Å². The first-order valence-electron chi connectivity index (χ1n) is 6.32. The molecule has 2 atom stereocenters. The summed E-state index contributed by atoms with van der Waals surface area (Å²) in [5.41, 5.74) is 0.915. The Hall–Kier alpha value is -1.42. The molecule has 2 rings (SSSR count). The SMILES string of the molecule is CC1CCC(C(=O)NCc2ccc(F)cc2)N1C. The van der Waals surface area contributed by atoms with Gasteiger partial charge in [0.05, 0.1) is 6.04 Å². The van der Waals surface area contributed by atoms with Crippen molar-refractivity contribution in [1.29, 1.82) is 0 Å². The third kappa shape index (κ3) is 2.88. The fourth-order valence-corrected chi connectivity index (χ4v) is 2.34. The van der Waals surface area contributed by atoms with E-state index in [1.54, 1.807) is 12.1 Å². The number of amides is 1. The van der Waals surface area contributed by atoms with E-state index >= 15 is 0 Å². The number of hydrogen-bond donors (Lipinski definition) is 1. The van der Waals surface area contributed by atoms with Crippen molar-refractivity contribution >= 4 is 5.91 Å². The van der Waals surface area contributed by atoms with Gasteiger partial charge >= 0.3 is 0 Å². The van der Waals surface area contributed by atoms with Crippen molar-refractivity contribution in [1.82, 2.24) is 10.2 Å². The Bertz CT molecular complexity index is 418. The van der Waals surface area contributed by atoms with Crippen LogP contribution in [0.5, 0.6) is 0 Å². The molecule has 1 saturated heterocycles. The van der Waals surface area contributed by atoms with Gasteiger partial charge in [0.25, 0.3) is 0 Å². The van der Waals surface area contributed by atoms with Crippen LogP contribution in [0.1, 0.15) is 25.3 Å². The number of benzene rings is 1. The molecule has 1 amide bonds. The van der Waals surface area contributed by atoms with Crippen LogP contribution in [0, 0.1) is 5.82 Å². The van der Waals surface area contributed by atoms with Crippen molar-refractivity contribution < 1.29 is 9.18 Å². The predicted molar refractivity (Wildman–Crippen MR) is 68.5 cm³/mol. The summed E-state index contributed by atoms with van der Waals surface area (Å²) in [6.07, 6.45) is 1.97. The van der Waals surface area contributed by atoms with E-state index in [9.17, 15) is 9.18 Å². The summed E-state index contributed by atoms with van der Waals surface area (Å²) in [6.45, 7) is 2.59. The van der Waals surface area contributed by atoms with Crippen molar-refractivity contribution in [2.45, 2.75) is 38.4 Å². The molecule has 1 aliphatic heterocycles. The van der Waals surface area contributed by atoms with Crippen LogP contribution in [0.15, 0.2) is 24.3 Å². The molecule has 1 aromatic carbocycles. The Labute approximate surface area is 107 Å². The number of halogens is 1. The molecule has 2 unspecified atom stereocenters. The van der Waals surface area contributed by atoms with E-state index in [4.69, 9.17) is 0 Å². The Kier molecular flexibility index (Phi) is 3.97. The lowest BCUT2D eigenvalue weighted by Gasteiger charge is -2.22. The molecule has 0 bridgehead atoms. The highest BCUT2D eigenvalue weighted by Crippen LogP contribution is 2.21. The van der Waals surface area contributed by atoms with Gasteiger partial charge in [-0.15, -0.1) is 0 Å². The van der Waals surface area contributed by atoms with E-state index in [0.29, 0.717) is 12.6 Å². The van der Waals surface area contributed by atoms with E-state index in [2.05, 4.69) is 17.1 Å². The maximum atomic E-state index is 12.7. The molecule has 1 heterocycles. The van der Waals surface area contributed by atoms with E-state index in [-0.39, 0.29) is 17.8 Å². The van der Waals surface area contributed by atoms with Crippen molar-refractivity contribution in [3.05, 3.63) is 35.6 Å². The standard InChI is InChI=1S/C14H19FN2O/c1-10-3-8-13(17(10)2)14(18)16-9-11-4-6-12(15)7-5-11/h4-7,10,13H,3,8-9H2,1-2H3,(H,16,18). The number of hydrogen-bond acceptors (Lipinski definition) is 2. The summed E-state index contributed by atoms with van der Waals surface area (Å²) in [4.78, 5) is 14.1. The zero-order valence-corrected chi connectivity index (χ0v) is 10.8. The molecule has 98 valence electrons. The van der Waals surface area contributed by atoms with Crippen LogP contribution in [-0.4, -0.2) is 29.9 Å². The molecule has 0 aliphatic carbocycles. The van der Waals surface area contributed by atoms with Gasteiger partial charge in [-0.05, 0) is 44.5 Å². The molecule has 0 aromatic heterocycles. The van der Waals surface area contributed by atoms with Gasteiger partial charge in [0.1, 0.15) is 5.82 Å². The van der Waals surface area contributed by atoms with Gasteiger partial charge < -0.3 is 5.32 Å². The quantitative estimate of drug-likeness (QED) is 0.889. The molecule has 0 radical (unpaired) electrons. The van der Waals surface area contributed by atoms with Crippen molar-refractivity contribution in [2.24, 2.45) is 0 Å². The number of carbonyl (C=O) groups excluding carboxylic acids is 1. The molecular formula is C14H19FN2O. The second kappa shape index (κ2) is 5.48. The predicted octanol–water partition coefficient (Wildman–Crippen LogP) is 1.92. The lowest BCUT2D eigenvalue weighted by atomic mass is 10.2. The molecular weight excluding hydrogens is 231 g/mol. The number of nitrogens with zero attached hydrogens (tertiary/aromatic N) is 1. The average molecular weight is 250 g/mol. The summed E-state index contributed by atoms with van der Waals surface area (Å²) in [6, 6.07) is 6.64.